The van der Waals surface area contributed by atoms with Gasteiger partial charge in [-0.05, 0) is 40.5 Å². The predicted molar refractivity (Wildman–Crippen MR) is 117 cm³/mol. The third-order valence-electron chi connectivity index (χ3n) is 4.02. The number of hydrogen-bond donors (Lipinski definition) is 3. The molecule has 0 aromatic rings. The molecule has 3 N–H and O–H groups in total. The Morgan fingerprint density at radius 2 is 1.84 bits per heavy atom. The van der Waals surface area contributed by atoms with Crippen LogP contribution in [0, 0.1) is 5.92 Å². The molecule has 0 spiro atoms. The number of piperidine rings is 1. The van der Waals surface area contributed by atoms with Crippen LogP contribution in [0.25, 0.3) is 0 Å². The van der Waals surface area contributed by atoms with Crippen molar-refractivity contribution in [2.75, 3.05) is 32.7 Å². The van der Waals surface area contributed by atoms with E-state index in [2.05, 4.69) is 48.6 Å². The molecule has 1 saturated heterocycles. The first-order chi connectivity index (χ1) is 11.2. The number of hydrogen-bond acceptors (Lipinski definition) is 3. The minimum Gasteiger partial charge on any atom is -0.357 e. The number of likely N-dealkylation sites (tertiary alicyclic amines) is 1. The van der Waals surface area contributed by atoms with Crippen LogP contribution in [0.5, 0.6) is 0 Å². The van der Waals surface area contributed by atoms with Crippen molar-refractivity contribution in [1.29, 1.82) is 0 Å². The molecule has 0 aromatic carbocycles. The molecule has 148 valence electrons. The van der Waals surface area contributed by atoms with Crippen LogP contribution in [-0.4, -0.2) is 61.1 Å². The maximum atomic E-state index is 12.0. The van der Waals surface area contributed by atoms with Crippen molar-refractivity contribution in [2.45, 2.75) is 66.0 Å². The van der Waals surface area contributed by atoms with Crippen molar-refractivity contribution in [3.63, 3.8) is 0 Å². The van der Waals surface area contributed by atoms with Crippen LogP contribution in [0.1, 0.15) is 54.4 Å². The van der Waals surface area contributed by atoms with Gasteiger partial charge < -0.3 is 20.9 Å². The van der Waals surface area contributed by atoms with Gasteiger partial charge in [-0.1, -0.05) is 13.8 Å². The zero-order valence-electron chi connectivity index (χ0n) is 16.8. The second-order valence-corrected chi connectivity index (χ2v) is 7.84. The maximum Gasteiger partial charge on any atom is 0.225 e. The van der Waals surface area contributed by atoms with Gasteiger partial charge in [-0.2, -0.15) is 0 Å². The third-order valence-corrected chi connectivity index (χ3v) is 4.02. The Kier molecular flexibility index (Phi) is 11.7. The summed E-state index contributed by atoms with van der Waals surface area (Å²) in [6.07, 6.45) is 1.95. The lowest BCUT2D eigenvalue weighted by atomic mass is 10.0. The highest BCUT2D eigenvalue weighted by molar-refractivity contribution is 14.0. The van der Waals surface area contributed by atoms with Crippen molar-refractivity contribution < 1.29 is 4.79 Å². The summed E-state index contributed by atoms with van der Waals surface area (Å²) in [7, 11) is 0. The normalized spacial score (nSPS) is 16.6. The van der Waals surface area contributed by atoms with Gasteiger partial charge in [0, 0.05) is 43.7 Å². The van der Waals surface area contributed by atoms with Gasteiger partial charge in [0.25, 0.3) is 0 Å². The number of carbonyl (C=O) groups excluding carboxylic acids is 1. The molecule has 1 fully saturated rings. The summed E-state index contributed by atoms with van der Waals surface area (Å²) in [5.74, 6) is 1.23. The Morgan fingerprint density at radius 3 is 2.32 bits per heavy atom. The fourth-order valence-corrected chi connectivity index (χ4v) is 2.72. The van der Waals surface area contributed by atoms with Gasteiger partial charge in [-0.3, -0.25) is 9.79 Å². The second-order valence-electron chi connectivity index (χ2n) is 7.84. The number of guanidine groups is 1. The Morgan fingerprint density at radius 1 is 1.24 bits per heavy atom. The second kappa shape index (κ2) is 11.9. The molecule has 0 aliphatic carbocycles. The molecule has 0 unspecified atom stereocenters. The zero-order valence-corrected chi connectivity index (χ0v) is 19.1. The van der Waals surface area contributed by atoms with Crippen LogP contribution in [0.2, 0.25) is 0 Å². The van der Waals surface area contributed by atoms with E-state index in [9.17, 15) is 4.79 Å². The Hall–Kier alpha value is -0.570. The topological polar surface area (TPSA) is 68.8 Å². The lowest BCUT2D eigenvalue weighted by Crippen LogP contribution is -2.50. The van der Waals surface area contributed by atoms with Crippen molar-refractivity contribution in [1.82, 2.24) is 20.9 Å². The maximum absolute atomic E-state index is 12.0. The summed E-state index contributed by atoms with van der Waals surface area (Å²) in [6.45, 7) is 16.6. The number of nitrogens with one attached hydrogen (secondary N) is 3. The van der Waals surface area contributed by atoms with Crippen LogP contribution in [-0.2, 0) is 4.79 Å². The number of nitrogens with zero attached hydrogens (tertiary/aromatic N) is 2. The van der Waals surface area contributed by atoms with Crippen LogP contribution in [0.3, 0.4) is 0 Å². The first-order valence-corrected chi connectivity index (χ1v) is 9.31. The fraction of sp³-hybridized carbons (Fsp3) is 0.889. The number of amides is 1. The van der Waals surface area contributed by atoms with Crippen LogP contribution < -0.4 is 16.0 Å². The van der Waals surface area contributed by atoms with Crippen LogP contribution >= 0.6 is 24.0 Å². The van der Waals surface area contributed by atoms with Gasteiger partial charge in [-0.25, -0.2) is 0 Å². The fourth-order valence-electron chi connectivity index (χ4n) is 2.72. The molecule has 0 aromatic heterocycles. The standard InChI is InChI=1S/C18H37N5O.HI/c1-7-19-17(20-10-11-21-18(4,5)6)22-15-8-12-23(13-9-15)16(24)14(2)3;/h14-15,21H,7-13H2,1-6H3,(H2,19,20,22);1H. The van der Waals surface area contributed by atoms with Crippen molar-refractivity contribution in [3.05, 3.63) is 0 Å². The average molecular weight is 467 g/mol. The molecule has 1 heterocycles. The summed E-state index contributed by atoms with van der Waals surface area (Å²) in [6, 6.07) is 0.384. The Balaban J connectivity index is 0.00000576. The minimum absolute atomic E-state index is 0. The minimum atomic E-state index is 0. The monoisotopic (exact) mass is 467 g/mol. The molecule has 0 bridgehead atoms. The number of aliphatic imine (C=N–C) groups is 1. The van der Waals surface area contributed by atoms with E-state index >= 15 is 0 Å². The van der Waals surface area contributed by atoms with E-state index in [1.165, 1.54) is 0 Å². The molecule has 25 heavy (non-hydrogen) atoms. The molecular formula is C18H38IN5O. The molecule has 1 amide bonds. The molecular weight excluding hydrogens is 429 g/mol. The molecule has 6 nitrogen and oxygen atoms in total. The van der Waals surface area contributed by atoms with Gasteiger partial charge >= 0.3 is 0 Å². The van der Waals surface area contributed by atoms with Gasteiger partial charge in [0.15, 0.2) is 5.96 Å². The predicted octanol–water partition coefficient (Wildman–Crippen LogP) is 2.19. The van der Waals surface area contributed by atoms with Crippen molar-refractivity contribution >= 4 is 35.8 Å². The number of carbonyl (C=O) groups is 1. The SMILES string of the molecule is CCNC(=NCCNC(C)(C)C)NC1CCN(C(=O)C(C)C)CC1.I. The summed E-state index contributed by atoms with van der Waals surface area (Å²) >= 11 is 0. The highest BCUT2D eigenvalue weighted by atomic mass is 127. The quantitative estimate of drug-likeness (QED) is 0.243. The lowest BCUT2D eigenvalue weighted by molar-refractivity contribution is -0.135. The van der Waals surface area contributed by atoms with Gasteiger partial charge in [0.1, 0.15) is 0 Å². The summed E-state index contributed by atoms with van der Waals surface area (Å²) in [4.78, 5) is 18.7. The Bertz CT molecular complexity index is 412. The molecule has 1 aliphatic rings. The van der Waals surface area contributed by atoms with Crippen LogP contribution in [0.15, 0.2) is 4.99 Å². The molecule has 0 atom stereocenters. The van der Waals surface area contributed by atoms with E-state index in [1.807, 2.05) is 18.7 Å². The van der Waals surface area contributed by atoms with Crippen molar-refractivity contribution in [2.24, 2.45) is 10.9 Å². The first kappa shape index (κ1) is 24.4. The smallest absolute Gasteiger partial charge is 0.225 e. The average Bonchev–Trinajstić information content (AvgIpc) is 2.50. The van der Waals surface area contributed by atoms with E-state index in [0.717, 1.165) is 51.5 Å². The van der Waals surface area contributed by atoms with E-state index in [4.69, 9.17) is 0 Å². The van der Waals surface area contributed by atoms with Crippen molar-refractivity contribution in [3.8, 4) is 0 Å². The largest absolute Gasteiger partial charge is 0.357 e. The summed E-state index contributed by atoms with van der Waals surface area (Å²) < 4.78 is 0. The lowest BCUT2D eigenvalue weighted by Gasteiger charge is -2.34. The molecule has 0 saturated carbocycles. The molecule has 0 radical (unpaired) electrons. The first-order valence-electron chi connectivity index (χ1n) is 9.31. The van der Waals surface area contributed by atoms with E-state index in [-0.39, 0.29) is 41.3 Å². The van der Waals surface area contributed by atoms with Crippen LogP contribution in [0.4, 0.5) is 0 Å². The highest BCUT2D eigenvalue weighted by Gasteiger charge is 2.24. The van der Waals surface area contributed by atoms with E-state index < -0.39 is 0 Å². The Labute approximate surface area is 171 Å². The van der Waals surface area contributed by atoms with Gasteiger partial charge in [0.05, 0.1) is 6.54 Å². The summed E-state index contributed by atoms with van der Waals surface area (Å²) in [5, 5.41) is 10.3. The molecule has 1 rings (SSSR count). The highest BCUT2D eigenvalue weighted by Crippen LogP contribution is 2.13. The number of halogens is 1. The van der Waals surface area contributed by atoms with E-state index in [1.54, 1.807) is 0 Å². The number of rotatable bonds is 6. The molecule has 1 aliphatic heterocycles. The van der Waals surface area contributed by atoms with Gasteiger partial charge in [-0.15, -0.1) is 24.0 Å². The summed E-state index contributed by atoms with van der Waals surface area (Å²) in [5.41, 5.74) is 0.122. The third kappa shape index (κ3) is 10.2. The molecule has 7 heteroatoms. The zero-order chi connectivity index (χ0) is 18.2. The van der Waals surface area contributed by atoms with E-state index in [0.29, 0.717) is 6.04 Å². The van der Waals surface area contributed by atoms with Gasteiger partial charge in [0.2, 0.25) is 5.91 Å².